The Labute approximate surface area is 313 Å². The number of rotatable bonds is 11. The molecule has 1 aliphatic heterocycles. The molecule has 6 rings (SSSR count). The fourth-order valence-corrected chi connectivity index (χ4v) is 7.26. The van der Waals surface area contributed by atoms with Gasteiger partial charge in [0, 0.05) is 13.0 Å². The van der Waals surface area contributed by atoms with Crippen LogP contribution in [0.15, 0.2) is 91.0 Å². The lowest BCUT2D eigenvalue weighted by Crippen LogP contribution is -2.48. The third-order valence-electron chi connectivity index (χ3n) is 10.2. The van der Waals surface area contributed by atoms with E-state index in [0.29, 0.717) is 42.0 Å². The van der Waals surface area contributed by atoms with Gasteiger partial charge in [-0.25, -0.2) is 0 Å². The number of benzene rings is 4. The topological polar surface area (TPSA) is 105 Å². The van der Waals surface area contributed by atoms with Crippen molar-refractivity contribution in [3.63, 3.8) is 0 Å². The van der Waals surface area contributed by atoms with Crippen molar-refractivity contribution in [3.8, 4) is 23.0 Å². The van der Waals surface area contributed by atoms with E-state index in [-0.39, 0.29) is 28.7 Å². The van der Waals surface area contributed by atoms with Crippen LogP contribution in [0.25, 0.3) is 0 Å². The second kappa shape index (κ2) is 16.0. The number of hydrogen-bond acceptors (Lipinski definition) is 5. The predicted octanol–water partition coefficient (Wildman–Crippen LogP) is 9.93. The lowest BCUT2D eigenvalue weighted by Gasteiger charge is -2.38. The number of carboxylic acid groups (broad SMARTS) is 1. The van der Waals surface area contributed by atoms with Crippen LogP contribution in [-0.4, -0.2) is 34.3 Å². The molecular weight excluding hydrogens is 697 g/mol. The van der Waals surface area contributed by atoms with E-state index in [2.05, 4.69) is 26.1 Å². The van der Waals surface area contributed by atoms with Crippen LogP contribution < -0.4 is 14.8 Å². The summed E-state index contributed by atoms with van der Waals surface area (Å²) in [6.45, 7) is 6.72. The van der Waals surface area contributed by atoms with Crippen LogP contribution in [0, 0.1) is 5.92 Å². The number of amides is 2. The van der Waals surface area contributed by atoms with Gasteiger partial charge in [0.1, 0.15) is 29.0 Å². The minimum Gasteiger partial charge on any atom is -0.481 e. The zero-order chi connectivity index (χ0) is 38.6. The Bertz CT molecular complexity index is 1970. The van der Waals surface area contributed by atoms with E-state index in [1.165, 1.54) is 24.3 Å². The van der Waals surface area contributed by atoms with Crippen molar-refractivity contribution in [1.29, 1.82) is 0 Å². The number of carbonyl (C=O) groups is 3. The van der Waals surface area contributed by atoms with E-state index in [9.17, 15) is 32.7 Å². The van der Waals surface area contributed by atoms with Gasteiger partial charge in [0.25, 0.3) is 0 Å². The van der Waals surface area contributed by atoms with Crippen molar-refractivity contribution >= 4 is 17.8 Å². The van der Waals surface area contributed by atoms with Gasteiger partial charge in [-0.2, -0.15) is 13.2 Å². The zero-order valence-electron chi connectivity index (χ0n) is 30.6. The van der Waals surface area contributed by atoms with Crippen LogP contribution in [0.1, 0.15) is 99.2 Å². The summed E-state index contributed by atoms with van der Waals surface area (Å²) in [5.74, 6) is -0.226. The molecule has 284 valence electrons. The van der Waals surface area contributed by atoms with Crippen molar-refractivity contribution in [2.45, 2.75) is 89.4 Å². The maximum atomic E-state index is 14.4. The average Bonchev–Trinajstić information content (AvgIpc) is 3.63. The Kier molecular flexibility index (Phi) is 11.4. The number of nitrogens with zero attached hydrogens (tertiary/aromatic N) is 1. The number of halogens is 3. The van der Waals surface area contributed by atoms with E-state index in [0.717, 1.165) is 48.9 Å². The quantitative estimate of drug-likeness (QED) is 0.159. The normalized spacial score (nSPS) is 16.7. The van der Waals surface area contributed by atoms with E-state index < -0.39 is 42.1 Å². The minimum atomic E-state index is -4.53. The van der Waals surface area contributed by atoms with E-state index in [1.54, 1.807) is 23.1 Å². The van der Waals surface area contributed by atoms with Gasteiger partial charge >= 0.3 is 12.1 Å². The smallest absolute Gasteiger partial charge is 0.416 e. The maximum Gasteiger partial charge on any atom is 0.416 e. The molecule has 4 aromatic rings. The van der Waals surface area contributed by atoms with Crippen LogP contribution in [0.3, 0.4) is 0 Å². The van der Waals surface area contributed by atoms with Crippen molar-refractivity contribution < 1.29 is 42.1 Å². The molecule has 54 heavy (non-hydrogen) atoms. The van der Waals surface area contributed by atoms with Gasteiger partial charge in [-0.3, -0.25) is 14.4 Å². The maximum absolute atomic E-state index is 14.4. The Morgan fingerprint density at radius 1 is 0.815 bits per heavy atom. The lowest BCUT2D eigenvalue weighted by molar-refractivity contribution is -0.143. The Morgan fingerprint density at radius 2 is 1.43 bits per heavy atom. The van der Waals surface area contributed by atoms with Gasteiger partial charge < -0.3 is 24.8 Å². The van der Waals surface area contributed by atoms with E-state index >= 15 is 0 Å². The standard InChI is InChI=1S/C43H45F3N2O6/c1-42(2,3)30-14-19-33(20-15-30)54-35-18-11-28-21-22-48(38(49)23-27-7-4-5-8-27)40(36(28)25-35)41(52)47-37(26-39(50)51)29-12-16-32(17-13-29)53-34-10-6-9-31(24-34)43(44,45)46/h6,9-20,24-25,27,37,40H,4-5,7-8,21-23,26H2,1-3H3,(H,47,52)(H,50,51). The monoisotopic (exact) mass is 742 g/mol. The summed E-state index contributed by atoms with van der Waals surface area (Å²) in [6, 6.07) is 22.0. The number of carboxylic acids is 1. The van der Waals surface area contributed by atoms with Gasteiger partial charge in [-0.1, -0.05) is 70.0 Å². The predicted molar refractivity (Wildman–Crippen MR) is 197 cm³/mol. The number of alkyl halides is 3. The highest BCUT2D eigenvalue weighted by atomic mass is 19.4. The van der Waals surface area contributed by atoms with Gasteiger partial charge in [-0.05, 0) is 107 Å². The largest absolute Gasteiger partial charge is 0.481 e. The molecule has 11 heteroatoms. The molecule has 2 unspecified atom stereocenters. The van der Waals surface area contributed by atoms with Crippen molar-refractivity contribution in [3.05, 3.63) is 119 Å². The number of carbonyl (C=O) groups excluding carboxylic acids is 2. The zero-order valence-corrected chi connectivity index (χ0v) is 30.6. The summed E-state index contributed by atoms with van der Waals surface area (Å²) >= 11 is 0. The molecule has 1 saturated carbocycles. The number of aliphatic carboxylic acids is 1. The highest BCUT2D eigenvalue weighted by Gasteiger charge is 2.38. The van der Waals surface area contributed by atoms with E-state index in [4.69, 9.17) is 9.47 Å². The second-order valence-corrected chi connectivity index (χ2v) is 15.2. The van der Waals surface area contributed by atoms with Gasteiger partial charge in [0.15, 0.2) is 0 Å². The van der Waals surface area contributed by atoms with Crippen LogP contribution in [0.5, 0.6) is 23.0 Å². The molecule has 0 spiro atoms. The number of fused-ring (bicyclic) bond motifs is 1. The summed E-state index contributed by atoms with van der Waals surface area (Å²) in [6.07, 6.45) is -0.0356. The molecule has 1 heterocycles. The molecular formula is C43H45F3N2O6. The Morgan fingerprint density at radius 3 is 2.04 bits per heavy atom. The average molecular weight is 743 g/mol. The fourth-order valence-electron chi connectivity index (χ4n) is 7.26. The molecule has 2 amide bonds. The summed E-state index contributed by atoms with van der Waals surface area (Å²) < 4.78 is 51.6. The van der Waals surface area contributed by atoms with Crippen molar-refractivity contribution in [2.75, 3.05) is 6.54 Å². The first-order chi connectivity index (χ1) is 25.6. The minimum absolute atomic E-state index is 0.0171. The third kappa shape index (κ3) is 9.42. The van der Waals surface area contributed by atoms with Crippen molar-refractivity contribution in [2.24, 2.45) is 5.92 Å². The number of nitrogens with one attached hydrogen (secondary N) is 1. The first-order valence-electron chi connectivity index (χ1n) is 18.3. The molecule has 2 atom stereocenters. The molecule has 2 N–H and O–H groups in total. The van der Waals surface area contributed by atoms with Crippen molar-refractivity contribution in [1.82, 2.24) is 10.2 Å². The van der Waals surface area contributed by atoms with Crippen LogP contribution in [0.2, 0.25) is 0 Å². The van der Waals surface area contributed by atoms with Gasteiger partial charge in [0.2, 0.25) is 11.8 Å². The SMILES string of the molecule is CC(C)(C)c1ccc(Oc2ccc3c(c2)C(C(=O)NC(CC(=O)O)c2ccc(Oc4cccc(C(F)(F)F)c4)cc2)N(C(=O)CC2CCCC2)CC3)cc1. The molecule has 8 nitrogen and oxygen atoms in total. The summed E-state index contributed by atoms with van der Waals surface area (Å²) in [4.78, 5) is 42.0. The number of ether oxygens (including phenoxy) is 2. The second-order valence-electron chi connectivity index (χ2n) is 15.2. The molecule has 4 aromatic carbocycles. The molecule has 0 saturated heterocycles. The Balaban J connectivity index is 1.27. The fraction of sp³-hybridized carbons (Fsp3) is 0.372. The summed E-state index contributed by atoms with van der Waals surface area (Å²) in [7, 11) is 0. The van der Waals surface area contributed by atoms with Crippen LogP contribution in [0.4, 0.5) is 13.2 Å². The molecule has 0 aromatic heterocycles. The van der Waals surface area contributed by atoms with Gasteiger partial charge in [-0.15, -0.1) is 0 Å². The lowest BCUT2D eigenvalue weighted by atomic mass is 9.87. The number of hydrogen-bond donors (Lipinski definition) is 2. The summed E-state index contributed by atoms with van der Waals surface area (Å²) in [5, 5.41) is 12.8. The first-order valence-corrected chi connectivity index (χ1v) is 18.3. The molecule has 1 aliphatic carbocycles. The Hall–Kier alpha value is -5.32. The van der Waals surface area contributed by atoms with E-state index in [1.807, 2.05) is 36.4 Å². The highest BCUT2D eigenvalue weighted by molar-refractivity contribution is 5.90. The molecule has 0 bridgehead atoms. The van der Waals surface area contributed by atoms with Crippen LogP contribution in [-0.2, 0) is 32.4 Å². The molecule has 2 aliphatic rings. The molecule has 0 radical (unpaired) electrons. The van der Waals surface area contributed by atoms with Crippen LogP contribution >= 0.6 is 0 Å². The summed E-state index contributed by atoms with van der Waals surface area (Å²) in [5.41, 5.74) is 2.22. The third-order valence-corrected chi connectivity index (χ3v) is 10.2. The van der Waals surface area contributed by atoms with Gasteiger partial charge in [0.05, 0.1) is 18.0 Å². The first kappa shape index (κ1) is 38.4. The highest BCUT2D eigenvalue weighted by Crippen LogP contribution is 2.38. The molecule has 1 fully saturated rings.